The van der Waals surface area contributed by atoms with Gasteiger partial charge in [0.05, 0.1) is 6.61 Å². The molecule has 0 atom stereocenters. The van der Waals surface area contributed by atoms with E-state index in [-0.39, 0.29) is 18.1 Å². The summed E-state index contributed by atoms with van der Waals surface area (Å²) in [7, 11) is 0. The molecule has 2 rings (SSSR count). The van der Waals surface area contributed by atoms with Crippen molar-refractivity contribution >= 4 is 5.91 Å². The Labute approximate surface area is 137 Å². The Morgan fingerprint density at radius 3 is 2.57 bits per heavy atom. The number of aliphatic hydroxyl groups excluding tert-OH is 1. The molecule has 0 aliphatic carbocycles. The van der Waals surface area contributed by atoms with Crippen molar-refractivity contribution in [3.8, 4) is 6.07 Å². The van der Waals surface area contributed by atoms with Gasteiger partial charge in [-0.1, -0.05) is 30.3 Å². The fourth-order valence-electron chi connectivity index (χ4n) is 2.72. The minimum Gasteiger partial charge on any atom is -0.395 e. The number of nitriles is 1. The number of hydrogen-bond donors (Lipinski definition) is 1. The molecule has 1 aliphatic rings. The van der Waals surface area contributed by atoms with E-state index in [1.54, 1.807) is 11.1 Å². The van der Waals surface area contributed by atoms with Crippen molar-refractivity contribution in [3.63, 3.8) is 0 Å². The van der Waals surface area contributed by atoms with Crippen LogP contribution in [0, 0.1) is 11.3 Å². The zero-order valence-electron chi connectivity index (χ0n) is 13.3. The highest BCUT2D eigenvalue weighted by Crippen LogP contribution is 2.13. The Hall–Kier alpha value is -2.32. The van der Waals surface area contributed by atoms with Crippen molar-refractivity contribution in [2.45, 2.75) is 25.8 Å². The van der Waals surface area contributed by atoms with Crippen LogP contribution in [-0.4, -0.2) is 47.1 Å². The van der Waals surface area contributed by atoms with Gasteiger partial charge in [0.1, 0.15) is 11.6 Å². The number of carbonyl (C=O) groups excluding carboxylic acids is 1. The lowest BCUT2D eigenvalue weighted by atomic mass is 10.1. The standard InChI is InChI=1S/C18H23N3O2/c19-13-17(18(23)21-9-5-2-6-10-21)15-20(11-12-22)14-16-7-3-1-4-8-16/h1,3-4,7-8,15,22H,2,5-6,9-12,14H2/b17-15-. The quantitative estimate of drug-likeness (QED) is 0.643. The van der Waals surface area contributed by atoms with Crippen molar-refractivity contribution in [3.05, 3.63) is 47.7 Å². The number of nitrogens with zero attached hydrogens (tertiary/aromatic N) is 3. The van der Waals surface area contributed by atoms with E-state index >= 15 is 0 Å². The number of carbonyl (C=O) groups is 1. The van der Waals surface area contributed by atoms with Crippen molar-refractivity contribution in [1.29, 1.82) is 5.26 Å². The molecular weight excluding hydrogens is 290 g/mol. The fraction of sp³-hybridized carbons (Fsp3) is 0.444. The molecule has 0 saturated carbocycles. The first-order valence-corrected chi connectivity index (χ1v) is 8.04. The average Bonchev–Trinajstić information content (AvgIpc) is 2.61. The lowest BCUT2D eigenvalue weighted by Gasteiger charge is -2.27. The molecule has 1 fully saturated rings. The van der Waals surface area contributed by atoms with Crippen LogP contribution in [-0.2, 0) is 11.3 Å². The Kier molecular flexibility index (Phi) is 6.64. The second-order valence-corrected chi connectivity index (χ2v) is 5.69. The van der Waals surface area contributed by atoms with Gasteiger partial charge in [-0.25, -0.2) is 0 Å². The summed E-state index contributed by atoms with van der Waals surface area (Å²) in [4.78, 5) is 16.0. The molecule has 1 aromatic carbocycles. The molecular formula is C18H23N3O2. The fourth-order valence-corrected chi connectivity index (χ4v) is 2.72. The van der Waals surface area contributed by atoms with Crippen LogP contribution in [0.4, 0.5) is 0 Å². The molecule has 0 radical (unpaired) electrons. The number of likely N-dealkylation sites (tertiary alicyclic amines) is 1. The Bertz CT molecular complexity index is 572. The van der Waals surface area contributed by atoms with Gasteiger partial charge in [-0.2, -0.15) is 5.26 Å². The predicted octanol–water partition coefficient (Wildman–Crippen LogP) is 1.90. The molecule has 23 heavy (non-hydrogen) atoms. The molecule has 0 bridgehead atoms. The molecule has 1 saturated heterocycles. The summed E-state index contributed by atoms with van der Waals surface area (Å²) in [6, 6.07) is 11.8. The largest absolute Gasteiger partial charge is 0.395 e. The second kappa shape index (κ2) is 8.96. The van der Waals surface area contributed by atoms with Crippen LogP contribution in [0.1, 0.15) is 24.8 Å². The van der Waals surface area contributed by atoms with Gasteiger partial charge >= 0.3 is 0 Å². The smallest absolute Gasteiger partial charge is 0.266 e. The third-order valence-corrected chi connectivity index (χ3v) is 3.92. The van der Waals surface area contributed by atoms with Crippen LogP contribution in [0.25, 0.3) is 0 Å². The maximum atomic E-state index is 12.5. The third kappa shape index (κ3) is 5.11. The summed E-state index contributed by atoms with van der Waals surface area (Å²) < 4.78 is 0. The zero-order valence-corrected chi connectivity index (χ0v) is 13.3. The van der Waals surface area contributed by atoms with Crippen LogP contribution in [0.5, 0.6) is 0 Å². The molecule has 5 heteroatoms. The van der Waals surface area contributed by atoms with Gasteiger partial charge in [-0.3, -0.25) is 4.79 Å². The summed E-state index contributed by atoms with van der Waals surface area (Å²) in [5.41, 5.74) is 1.20. The van der Waals surface area contributed by atoms with E-state index in [1.165, 1.54) is 0 Å². The highest BCUT2D eigenvalue weighted by molar-refractivity contribution is 5.97. The minimum absolute atomic E-state index is 0.0278. The van der Waals surface area contributed by atoms with E-state index in [9.17, 15) is 15.2 Å². The Morgan fingerprint density at radius 1 is 1.26 bits per heavy atom. The summed E-state index contributed by atoms with van der Waals surface area (Å²) >= 11 is 0. The van der Waals surface area contributed by atoms with Gasteiger partial charge in [0.15, 0.2) is 0 Å². The van der Waals surface area contributed by atoms with Gasteiger partial charge in [0, 0.05) is 32.4 Å². The molecule has 1 amide bonds. The van der Waals surface area contributed by atoms with Gasteiger partial charge in [0.2, 0.25) is 0 Å². The van der Waals surface area contributed by atoms with Crippen molar-refractivity contribution in [2.24, 2.45) is 0 Å². The van der Waals surface area contributed by atoms with Crippen molar-refractivity contribution in [1.82, 2.24) is 9.80 Å². The highest BCUT2D eigenvalue weighted by atomic mass is 16.3. The summed E-state index contributed by atoms with van der Waals surface area (Å²) in [5.74, 6) is -0.205. The van der Waals surface area contributed by atoms with Gasteiger partial charge in [-0.05, 0) is 24.8 Å². The van der Waals surface area contributed by atoms with Crippen LogP contribution in [0.15, 0.2) is 42.1 Å². The first-order valence-electron chi connectivity index (χ1n) is 8.04. The molecule has 122 valence electrons. The van der Waals surface area contributed by atoms with Gasteiger partial charge < -0.3 is 14.9 Å². The van der Waals surface area contributed by atoms with Crippen LogP contribution < -0.4 is 0 Å². The summed E-state index contributed by atoms with van der Waals surface area (Å²) in [6.45, 7) is 2.35. The monoisotopic (exact) mass is 313 g/mol. The lowest BCUT2D eigenvalue weighted by Crippen LogP contribution is -2.37. The van der Waals surface area contributed by atoms with Crippen LogP contribution >= 0.6 is 0 Å². The molecule has 1 heterocycles. The molecule has 1 aliphatic heterocycles. The number of aliphatic hydroxyl groups is 1. The molecule has 0 spiro atoms. The highest BCUT2D eigenvalue weighted by Gasteiger charge is 2.21. The SMILES string of the molecule is N#C/C(=C/N(CCO)Cc1ccccc1)C(=O)N1CCCCC1. The molecule has 5 nitrogen and oxygen atoms in total. The first kappa shape index (κ1) is 17.0. The normalized spacial score (nSPS) is 15.1. The van der Waals surface area contributed by atoms with Gasteiger partial charge in [0.25, 0.3) is 5.91 Å². The number of amides is 1. The molecule has 0 aromatic heterocycles. The maximum Gasteiger partial charge on any atom is 0.266 e. The van der Waals surface area contributed by atoms with E-state index < -0.39 is 0 Å². The van der Waals surface area contributed by atoms with Crippen molar-refractivity contribution < 1.29 is 9.90 Å². The predicted molar refractivity (Wildman–Crippen MR) is 88.1 cm³/mol. The molecule has 1 aromatic rings. The van der Waals surface area contributed by atoms with Crippen LogP contribution in [0.3, 0.4) is 0 Å². The van der Waals surface area contributed by atoms with E-state index in [0.717, 1.165) is 37.9 Å². The molecule has 0 unspecified atom stereocenters. The number of hydrogen-bond acceptors (Lipinski definition) is 4. The minimum atomic E-state index is -0.205. The zero-order chi connectivity index (χ0) is 16.5. The van der Waals surface area contributed by atoms with E-state index in [1.807, 2.05) is 41.3 Å². The average molecular weight is 313 g/mol. The lowest BCUT2D eigenvalue weighted by molar-refractivity contribution is -0.127. The summed E-state index contributed by atoms with van der Waals surface area (Å²) in [5, 5.41) is 18.6. The number of piperidine rings is 1. The summed E-state index contributed by atoms with van der Waals surface area (Å²) in [6.07, 6.45) is 4.71. The second-order valence-electron chi connectivity index (χ2n) is 5.69. The van der Waals surface area contributed by atoms with E-state index in [2.05, 4.69) is 0 Å². The van der Waals surface area contributed by atoms with Crippen LogP contribution in [0.2, 0.25) is 0 Å². The van der Waals surface area contributed by atoms with Gasteiger partial charge in [-0.15, -0.1) is 0 Å². The third-order valence-electron chi connectivity index (χ3n) is 3.92. The molecule has 1 N–H and O–H groups in total. The van der Waals surface area contributed by atoms with Crippen molar-refractivity contribution in [2.75, 3.05) is 26.2 Å². The first-order chi connectivity index (χ1) is 11.2. The Balaban J connectivity index is 2.11. The number of benzene rings is 1. The Morgan fingerprint density at radius 2 is 1.96 bits per heavy atom. The van der Waals surface area contributed by atoms with E-state index in [4.69, 9.17) is 0 Å². The van der Waals surface area contributed by atoms with E-state index in [0.29, 0.717) is 13.1 Å². The maximum absolute atomic E-state index is 12.5. The topological polar surface area (TPSA) is 67.6 Å². The number of rotatable bonds is 6.